The number of alkyl halides is 3. The highest BCUT2D eigenvalue weighted by Gasteiger charge is 2.38. The number of guanidine groups is 2. The van der Waals surface area contributed by atoms with E-state index in [2.05, 4.69) is 46.9 Å². The Kier molecular flexibility index (Phi) is 24.2. The Morgan fingerprint density at radius 3 is 2.04 bits per heavy atom. The molecule has 19 N–H and O–H groups in total. The summed E-state index contributed by atoms with van der Waals surface area (Å²) in [4.78, 5) is 148. The number of nitrogens with two attached hydrogens (primary N) is 6. The first-order valence-electron chi connectivity index (χ1n) is 25.5. The van der Waals surface area contributed by atoms with Crippen LogP contribution in [-0.2, 0) is 67.0 Å². The van der Waals surface area contributed by atoms with Crippen molar-refractivity contribution in [1.82, 2.24) is 36.9 Å². The summed E-state index contributed by atoms with van der Waals surface area (Å²) in [5, 5.41) is 15.6. The third-order valence-electron chi connectivity index (χ3n) is 12.9. The average molecular weight is 1110 g/mol. The number of aromatic amines is 1. The van der Waals surface area contributed by atoms with Crippen molar-refractivity contribution in [1.29, 1.82) is 0 Å². The Labute approximate surface area is 452 Å². The summed E-state index contributed by atoms with van der Waals surface area (Å²) >= 11 is 0. The summed E-state index contributed by atoms with van der Waals surface area (Å²) in [7, 11) is 0. The number of amides is 8. The lowest BCUT2D eigenvalue weighted by Gasteiger charge is -2.27. The van der Waals surface area contributed by atoms with Crippen molar-refractivity contribution in [3.63, 3.8) is 0 Å². The van der Waals surface area contributed by atoms with E-state index >= 15 is 0 Å². The van der Waals surface area contributed by atoms with E-state index in [-0.39, 0.29) is 76.5 Å². The van der Waals surface area contributed by atoms with Gasteiger partial charge in [0.1, 0.15) is 30.0 Å². The molecule has 0 aliphatic carbocycles. The molecular formula is C51H70F3N15O10. The van der Waals surface area contributed by atoms with Crippen molar-refractivity contribution in [2.75, 3.05) is 19.6 Å². The number of hydrogen-bond acceptors (Lipinski definition) is 12. The average Bonchev–Trinajstić information content (AvgIpc) is 3.80. The predicted molar refractivity (Wildman–Crippen MR) is 283 cm³/mol. The summed E-state index contributed by atoms with van der Waals surface area (Å²) in [6.07, 6.45) is -7.45. The van der Waals surface area contributed by atoms with E-state index in [4.69, 9.17) is 34.4 Å². The minimum Gasteiger partial charge on any atom is -0.370 e. The van der Waals surface area contributed by atoms with Gasteiger partial charge in [-0.15, -0.1) is 0 Å². The maximum Gasteiger partial charge on any atom is 0.416 e. The predicted octanol–water partition coefficient (Wildman–Crippen LogP) is -1.28. The first-order chi connectivity index (χ1) is 37.3. The smallest absolute Gasteiger partial charge is 0.370 e. The van der Waals surface area contributed by atoms with E-state index in [0.717, 1.165) is 25.1 Å². The standard InChI is InChI=1S/C51H70F3N15O10/c1-27(70)65-36(15-8-20-63-50(59)60)46(77)67-37-16-17-43(74)61-18-7-14-35(44(56)75)66-45(76)30(21-31-26-64-34-13-5-3-11-32(31)34)24-40(71)29(10-6-19-62-49(57)58)23-41(72)38(22-28-9-2-4-12-33(28)51(52,53)54)68-48(79)39(25-42(55)73)69-47(37)78/h2-5,9,11-13,26,29-30,35-39,64H,6-8,10,14-25H2,1H3,(H2,55,73)(H2,56,75)(H,61,74)(H,65,70)(H,66,76)(H,67,77)(H,68,79)(H,69,78)(H4,57,58,62)(H4,59,60,63)/t29-,30-,35+,36+,37+,38-,39+/m1/s1. The van der Waals surface area contributed by atoms with Crippen molar-refractivity contribution in [2.24, 2.45) is 56.2 Å². The minimum absolute atomic E-state index is 0.0390. The molecule has 1 aliphatic heterocycles. The number of nitrogens with one attached hydrogen (secondary N) is 7. The number of para-hydroxylation sites is 1. The van der Waals surface area contributed by atoms with E-state index in [1.165, 1.54) is 6.07 Å². The van der Waals surface area contributed by atoms with Gasteiger partial charge < -0.3 is 71.3 Å². The number of halogens is 3. The molecule has 3 aromatic rings. The lowest BCUT2D eigenvalue weighted by Crippen LogP contribution is -2.58. The van der Waals surface area contributed by atoms with Crippen LogP contribution in [0.15, 0.2) is 64.7 Å². The van der Waals surface area contributed by atoms with Gasteiger partial charge in [-0.3, -0.25) is 57.9 Å². The molecule has 0 saturated carbocycles. The summed E-state index contributed by atoms with van der Waals surface area (Å²) in [6, 6.07) is 3.11. The number of Topliss-reactive ketones (excluding diaryl/α,β-unsaturated/α-hetero) is 2. The molecule has 7 atom stereocenters. The Bertz CT molecular complexity index is 2740. The van der Waals surface area contributed by atoms with Crippen molar-refractivity contribution in [2.45, 2.75) is 127 Å². The number of H-pyrrole nitrogens is 1. The number of benzene rings is 2. The molecular weight excluding hydrogens is 1040 g/mol. The van der Waals surface area contributed by atoms with Crippen LogP contribution in [0.5, 0.6) is 0 Å². The first-order valence-corrected chi connectivity index (χ1v) is 25.5. The van der Waals surface area contributed by atoms with Crippen LogP contribution < -0.4 is 66.3 Å². The summed E-state index contributed by atoms with van der Waals surface area (Å²) in [5.74, 6) is -12.3. The van der Waals surface area contributed by atoms with Gasteiger partial charge in [0.15, 0.2) is 17.7 Å². The number of carbonyl (C=O) groups is 10. The van der Waals surface area contributed by atoms with Crippen LogP contribution in [0, 0.1) is 11.8 Å². The highest BCUT2D eigenvalue weighted by molar-refractivity contribution is 5.99. The number of hydrogen-bond donors (Lipinski definition) is 13. The molecule has 0 bridgehead atoms. The Hall–Kier alpha value is -8.59. The van der Waals surface area contributed by atoms with Crippen molar-refractivity contribution < 1.29 is 61.1 Å². The highest BCUT2D eigenvalue weighted by Crippen LogP contribution is 2.33. The molecule has 25 nitrogen and oxygen atoms in total. The molecule has 1 aliphatic rings. The minimum atomic E-state index is -4.96. The third kappa shape index (κ3) is 21.0. The number of fused-ring (bicyclic) bond motifs is 1. The quantitative estimate of drug-likeness (QED) is 0.0401. The molecule has 0 unspecified atom stereocenters. The third-order valence-corrected chi connectivity index (χ3v) is 12.9. The van der Waals surface area contributed by atoms with Crippen molar-refractivity contribution in [3.05, 3.63) is 71.4 Å². The molecule has 2 aromatic carbocycles. The fourth-order valence-corrected chi connectivity index (χ4v) is 8.97. The Morgan fingerprint density at radius 1 is 0.734 bits per heavy atom. The van der Waals surface area contributed by atoms with Crippen LogP contribution in [0.4, 0.5) is 13.2 Å². The van der Waals surface area contributed by atoms with Gasteiger partial charge in [-0.05, 0) is 74.6 Å². The molecule has 0 spiro atoms. The normalized spacial score (nSPS) is 21.0. The second kappa shape index (κ2) is 30.4. The molecule has 430 valence electrons. The van der Waals surface area contributed by atoms with E-state index in [1.54, 1.807) is 30.5 Å². The van der Waals surface area contributed by atoms with Crippen molar-refractivity contribution in [3.8, 4) is 0 Å². The van der Waals surface area contributed by atoms with Gasteiger partial charge in [0.2, 0.25) is 47.3 Å². The van der Waals surface area contributed by atoms with Gasteiger partial charge >= 0.3 is 6.18 Å². The van der Waals surface area contributed by atoms with Crippen LogP contribution in [0.1, 0.15) is 94.2 Å². The number of aromatic nitrogens is 1. The fourth-order valence-electron chi connectivity index (χ4n) is 8.97. The summed E-state index contributed by atoms with van der Waals surface area (Å²) in [6.45, 7) is 1.04. The molecule has 1 aromatic heterocycles. The summed E-state index contributed by atoms with van der Waals surface area (Å²) in [5.41, 5.74) is 32.9. The van der Waals surface area contributed by atoms with E-state index in [9.17, 15) is 61.1 Å². The number of rotatable bonds is 18. The van der Waals surface area contributed by atoms with Gasteiger partial charge in [0.25, 0.3) is 0 Å². The lowest BCUT2D eigenvalue weighted by atomic mass is 9.83. The van der Waals surface area contributed by atoms with Crippen LogP contribution >= 0.6 is 0 Å². The molecule has 8 amide bonds. The van der Waals surface area contributed by atoms with Crippen molar-refractivity contribution >= 4 is 81.6 Å². The molecule has 0 radical (unpaired) electrons. The zero-order chi connectivity index (χ0) is 58.4. The number of carbonyl (C=O) groups excluding carboxylic acids is 10. The van der Waals surface area contributed by atoms with Crippen LogP contribution in [-0.4, -0.2) is 126 Å². The largest absolute Gasteiger partial charge is 0.416 e. The van der Waals surface area contributed by atoms with Gasteiger partial charge in [-0.2, -0.15) is 13.2 Å². The van der Waals surface area contributed by atoms with Crippen LogP contribution in [0.2, 0.25) is 0 Å². The SMILES string of the molecule is CC(=O)N[C@@H](CCCN=C(N)N)C(=O)N[C@H]1CCC(=O)NCCC[C@@H](C(N)=O)NC(=O)[C@H](Cc2c[nH]c3ccccc23)CC(=O)[C@H](CCCN=C(N)N)CC(=O)[C@@H](Cc2ccccc2C(F)(F)F)NC(=O)[C@H](CC(N)=O)NC1=O. The maximum absolute atomic E-state index is 14.8. The zero-order valence-electron chi connectivity index (χ0n) is 43.6. The zero-order valence-corrected chi connectivity index (χ0v) is 43.6. The number of primary amides is 2. The number of nitrogens with zero attached hydrogens (tertiary/aromatic N) is 2. The van der Waals surface area contributed by atoms with Gasteiger partial charge in [-0.1, -0.05) is 36.4 Å². The second-order valence-electron chi connectivity index (χ2n) is 19.2. The molecule has 2 heterocycles. The molecule has 28 heteroatoms. The molecule has 79 heavy (non-hydrogen) atoms. The highest BCUT2D eigenvalue weighted by atomic mass is 19.4. The summed E-state index contributed by atoms with van der Waals surface area (Å²) < 4.78 is 43.5. The fraction of sp³-hybridized carbons (Fsp3) is 0.490. The van der Waals surface area contributed by atoms with Gasteiger partial charge in [0, 0.05) is 81.2 Å². The number of aliphatic imine (C=N–C) groups is 2. The van der Waals surface area contributed by atoms with Gasteiger partial charge in [0.05, 0.1) is 18.0 Å². The first kappa shape index (κ1) is 62.9. The molecule has 4 rings (SSSR count). The topological polar surface area (TPSA) is 440 Å². The second-order valence-corrected chi connectivity index (χ2v) is 19.2. The number of ketones is 2. The van der Waals surface area contributed by atoms with Crippen LogP contribution in [0.3, 0.4) is 0 Å². The Morgan fingerprint density at radius 2 is 1.38 bits per heavy atom. The monoisotopic (exact) mass is 1110 g/mol. The van der Waals surface area contributed by atoms with Crippen LogP contribution in [0.25, 0.3) is 10.9 Å². The van der Waals surface area contributed by atoms with Gasteiger partial charge in [-0.25, -0.2) is 0 Å². The Balaban J connectivity index is 1.84. The van der Waals surface area contributed by atoms with E-state index in [0.29, 0.717) is 16.5 Å². The molecule has 1 fully saturated rings. The van der Waals surface area contributed by atoms with E-state index < -0.39 is 157 Å². The molecule has 1 saturated heterocycles. The maximum atomic E-state index is 14.8. The van der Waals surface area contributed by atoms with E-state index in [1.807, 2.05) is 0 Å². The lowest BCUT2D eigenvalue weighted by molar-refractivity contribution is -0.139.